The average molecular weight is 289 g/mol. The first kappa shape index (κ1) is 14.4. The molecule has 21 heavy (non-hydrogen) atoms. The highest BCUT2D eigenvalue weighted by molar-refractivity contribution is 5.98. The molecule has 0 N–H and O–H groups in total. The van der Waals surface area contributed by atoms with E-state index in [1.165, 1.54) is 19.3 Å². The van der Waals surface area contributed by atoms with Crippen molar-refractivity contribution in [3.63, 3.8) is 0 Å². The molecule has 4 heteroatoms. The van der Waals surface area contributed by atoms with Crippen LogP contribution in [0.15, 0.2) is 18.2 Å². The van der Waals surface area contributed by atoms with E-state index in [4.69, 9.17) is 9.47 Å². The van der Waals surface area contributed by atoms with E-state index in [0.717, 1.165) is 37.4 Å². The monoisotopic (exact) mass is 289 g/mol. The van der Waals surface area contributed by atoms with Gasteiger partial charge in [-0.25, -0.2) is 0 Å². The fourth-order valence-corrected chi connectivity index (χ4v) is 3.14. The molecule has 1 aromatic carbocycles. The number of nitrogens with zero attached hydrogens (tertiary/aromatic N) is 1. The number of hydrogen-bond donors (Lipinski definition) is 0. The Morgan fingerprint density at radius 1 is 1.19 bits per heavy atom. The number of piperidine rings is 1. The molecule has 0 aromatic heterocycles. The van der Waals surface area contributed by atoms with Crippen LogP contribution in [0.3, 0.4) is 0 Å². The Morgan fingerprint density at radius 2 is 1.95 bits per heavy atom. The summed E-state index contributed by atoms with van der Waals surface area (Å²) in [6.07, 6.45) is 4.72. The van der Waals surface area contributed by atoms with Crippen LogP contribution in [0.1, 0.15) is 43.0 Å². The van der Waals surface area contributed by atoms with Crippen LogP contribution in [0.25, 0.3) is 0 Å². The normalized spacial score (nSPS) is 19.5. The van der Waals surface area contributed by atoms with Gasteiger partial charge < -0.3 is 14.4 Å². The summed E-state index contributed by atoms with van der Waals surface area (Å²) in [6.45, 7) is 5.48. The Labute approximate surface area is 126 Å². The summed E-state index contributed by atoms with van der Waals surface area (Å²) in [5.74, 6) is 1.72. The van der Waals surface area contributed by atoms with Gasteiger partial charge in [-0.05, 0) is 50.6 Å². The van der Waals surface area contributed by atoms with Crippen molar-refractivity contribution < 1.29 is 14.3 Å². The lowest BCUT2D eigenvalue weighted by atomic mass is 9.93. The topological polar surface area (TPSA) is 38.8 Å². The summed E-state index contributed by atoms with van der Waals surface area (Å²) in [5, 5.41) is 0. The van der Waals surface area contributed by atoms with Gasteiger partial charge >= 0.3 is 0 Å². The highest BCUT2D eigenvalue weighted by Crippen LogP contribution is 2.33. The molecule has 0 spiro atoms. The first-order valence-electron chi connectivity index (χ1n) is 7.94. The number of rotatable bonds is 5. The second-order valence-electron chi connectivity index (χ2n) is 5.90. The fourth-order valence-electron chi connectivity index (χ4n) is 3.14. The lowest BCUT2D eigenvalue weighted by Crippen LogP contribution is -2.36. The Kier molecular flexibility index (Phi) is 4.44. The first-order valence-corrected chi connectivity index (χ1v) is 7.94. The van der Waals surface area contributed by atoms with Crippen LogP contribution in [0.5, 0.6) is 11.5 Å². The van der Waals surface area contributed by atoms with Gasteiger partial charge in [0.05, 0.1) is 0 Å². The maximum atomic E-state index is 12.7. The second-order valence-corrected chi connectivity index (χ2v) is 5.90. The zero-order valence-corrected chi connectivity index (χ0v) is 12.6. The van der Waals surface area contributed by atoms with Crippen LogP contribution in [0.2, 0.25) is 0 Å². The fraction of sp³-hybridized carbons (Fsp3) is 0.588. The number of carbonyl (C=O) groups is 1. The molecule has 1 atom stereocenters. The quantitative estimate of drug-likeness (QED) is 0.781. The number of Topliss-reactive ketones (excluding diaryl/α,β-unsaturated/α-hetero) is 1. The summed E-state index contributed by atoms with van der Waals surface area (Å²) in [6, 6.07) is 5.52. The van der Waals surface area contributed by atoms with Crippen LogP contribution in [0.4, 0.5) is 0 Å². The van der Waals surface area contributed by atoms with Gasteiger partial charge in [0, 0.05) is 18.0 Å². The molecule has 2 aliphatic rings. The van der Waals surface area contributed by atoms with Crippen molar-refractivity contribution in [3.8, 4) is 11.5 Å². The maximum absolute atomic E-state index is 12.7. The molecule has 0 amide bonds. The Balaban J connectivity index is 1.69. The van der Waals surface area contributed by atoms with Crippen LogP contribution in [-0.4, -0.2) is 37.1 Å². The zero-order chi connectivity index (χ0) is 14.7. The molecule has 114 valence electrons. The largest absolute Gasteiger partial charge is 0.454 e. The molecule has 0 bridgehead atoms. The summed E-state index contributed by atoms with van der Waals surface area (Å²) >= 11 is 0. The molecule has 2 aliphatic heterocycles. The van der Waals surface area contributed by atoms with E-state index >= 15 is 0 Å². The summed E-state index contributed by atoms with van der Waals surface area (Å²) in [4.78, 5) is 15.2. The average Bonchev–Trinajstić information content (AvgIpc) is 3.00. The van der Waals surface area contributed by atoms with Crippen molar-refractivity contribution in [3.05, 3.63) is 23.8 Å². The highest BCUT2D eigenvalue weighted by Gasteiger charge is 2.24. The molecule has 4 nitrogen and oxygen atoms in total. The molecule has 0 radical (unpaired) electrons. The van der Waals surface area contributed by atoms with Crippen molar-refractivity contribution in [1.82, 2.24) is 4.90 Å². The number of ether oxygens (including phenoxy) is 2. The predicted octanol–water partition coefficient (Wildman–Crippen LogP) is 3.11. The number of fused-ring (bicyclic) bond motifs is 1. The van der Waals surface area contributed by atoms with Gasteiger partial charge in [0.25, 0.3) is 0 Å². The van der Waals surface area contributed by atoms with E-state index in [-0.39, 0.29) is 18.5 Å². The molecule has 0 aliphatic carbocycles. The van der Waals surface area contributed by atoms with Crippen LogP contribution < -0.4 is 9.47 Å². The van der Waals surface area contributed by atoms with Crippen molar-refractivity contribution >= 4 is 5.78 Å². The van der Waals surface area contributed by atoms with Gasteiger partial charge in [-0.2, -0.15) is 0 Å². The number of likely N-dealkylation sites (tertiary alicyclic amines) is 1. The molecular weight excluding hydrogens is 266 g/mol. The van der Waals surface area contributed by atoms with Crippen molar-refractivity contribution in [2.75, 3.05) is 26.4 Å². The SMILES string of the molecule is CCC(CN1CCCCC1)C(=O)c1ccc2c(c1)OCO2. The van der Waals surface area contributed by atoms with Crippen molar-refractivity contribution in [2.45, 2.75) is 32.6 Å². The highest BCUT2D eigenvalue weighted by atomic mass is 16.7. The number of carbonyl (C=O) groups excluding carboxylic acids is 1. The predicted molar refractivity (Wildman–Crippen MR) is 81.0 cm³/mol. The van der Waals surface area contributed by atoms with Crippen LogP contribution in [0, 0.1) is 5.92 Å². The lowest BCUT2D eigenvalue weighted by Gasteiger charge is -2.29. The van der Waals surface area contributed by atoms with E-state index in [1.807, 2.05) is 18.2 Å². The second kappa shape index (κ2) is 6.48. The summed E-state index contributed by atoms with van der Waals surface area (Å²) in [5.41, 5.74) is 0.739. The van der Waals surface area contributed by atoms with E-state index in [2.05, 4.69) is 11.8 Å². The summed E-state index contributed by atoms with van der Waals surface area (Å²) in [7, 11) is 0. The van der Waals surface area contributed by atoms with Gasteiger partial charge in [0.1, 0.15) is 0 Å². The van der Waals surface area contributed by atoms with Gasteiger partial charge in [-0.3, -0.25) is 4.79 Å². The van der Waals surface area contributed by atoms with E-state index < -0.39 is 0 Å². The Bertz CT molecular complexity index is 509. The van der Waals surface area contributed by atoms with Gasteiger partial charge in [0.15, 0.2) is 17.3 Å². The zero-order valence-electron chi connectivity index (χ0n) is 12.6. The van der Waals surface area contributed by atoms with Crippen LogP contribution in [-0.2, 0) is 0 Å². The van der Waals surface area contributed by atoms with E-state index in [1.54, 1.807) is 0 Å². The lowest BCUT2D eigenvalue weighted by molar-refractivity contribution is 0.0863. The third kappa shape index (κ3) is 3.21. The minimum atomic E-state index is 0.0727. The molecule has 2 heterocycles. The molecule has 1 fully saturated rings. The number of benzene rings is 1. The van der Waals surface area contributed by atoms with Gasteiger partial charge in [-0.1, -0.05) is 13.3 Å². The number of ketones is 1. The Morgan fingerprint density at radius 3 is 2.71 bits per heavy atom. The minimum Gasteiger partial charge on any atom is -0.454 e. The Hall–Kier alpha value is -1.55. The van der Waals surface area contributed by atoms with Crippen molar-refractivity contribution in [2.24, 2.45) is 5.92 Å². The summed E-state index contributed by atoms with van der Waals surface area (Å²) < 4.78 is 10.7. The smallest absolute Gasteiger partial charge is 0.231 e. The first-order chi connectivity index (χ1) is 10.3. The van der Waals surface area contributed by atoms with Gasteiger partial charge in [-0.15, -0.1) is 0 Å². The standard InChI is InChI=1S/C17H23NO3/c1-2-13(11-18-8-4-3-5-9-18)17(19)14-6-7-15-16(10-14)21-12-20-15/h6-7,10,13H,2-5,8-9,11-12H2,1H3. The minimum absolute atomic E-state index is 0.0727. The van der Waals surface area contributed by atoms with E-state index in [0.29, 0.717) is 5.75 Å². The van der Waals surface area contributed by atoms with E-state index in [9.17, 15) is 4.79 Å². The van der Waals surface area contributed by atoms with Gasteiger partial charge in [0.2, 0.25) is 6.79 Å². The molecule has 3 rings (SSSR count). The molecular formula is C17H23NO3. The van der Waals surface area contributed by atoms with Crippen LogP contribution >= 0.6 is 0 Å². The number of hydrogen-bond acceptors (Lipinski definition) is 4. The molecule has 1 unspecified atom stereocenters. The molecule has 1 aromatic rings. The molecule has 1 saturated heterocycles. The van der Waals surface area contributed by atoms with Crippen molar-refractivity contribution in [1.29, 1.82) is 0 Å². The maximum Gasteiger partial charge on any atom is 0.231 e. The molecule has 0 saturated carbocycles. The third-order valence-electron chi connectivity index (χ3n) is 4.45. The third-order valence-corrected chi connectivity index (χ3v) is 4.45.